The van der Waals surface area contributed by atoms with E-state index in [9.17, 15) is 8.42 Å². The molecule has 4 rings (SSSR count). The molecule has 0 fully saturated rings. The van der Waals surface area contributed by atoms with Crippen LogP contribution in [0.15, 0.2) is 114 Å². The van der Waals surface area contributed by atoms with Crippen molar-refractivity contribution in [2.75, 3.05) is 13.2 Å². The summed E-state index contributed by atoms with van der Waals surface area (Å²) in [6, 6.07) is 33.0. The van der Waals surface area contributed by atoms with Crippen molar-refractivity contribution in [3.05, 3.63) is 147 Å². The molecular formula is C31H32ClN2O3RuS. The third-order valence-corrected chi connectivity index (χ3v) is 7.48. The van der Waals surface area contributed by atoms with Crippen LogP contribution in [0, 0.1) is 13.8 Å². The molecule has 2 atom stereocenters. The van der Waals surface area contributed by atoms with Gasteiger partial charge in [-0.25, -0.2) is 8.42 Å². The first kappa shape index (κ1) is 32.8. The maximum atomic E-state index is 13.4. The number of aryl methyl sites for hydroxylation is 2. The van der Waals surface area contributed by atoms with Crippen LogP contribution in [0.1, 0.15) is 39.9 Å². The Hall–Kier alpha value is -2.38. The first-order chi connectivity index (χ1) is 17.9. The molecule has 0 aromatic heterocycles. The van der Waals surface area contributed by atoms with Crippen LogP contribution in [0.4, 0.5) is 0 Å². The smallest absolute Gasteiger partial charge is 1.00 e. The van der Waals surface area contributed by atoms with Gasteiger partial charge in [0, 0.05) is 11.5 Å². The third-order valence-electron chi connectivity index (χ3n) is 6.10. The Labute approximate surface area is 251 Å². The van der Waals surface area contributed by atoms with Crippen molar-refractivity contribution >= 4 is 10.0 Å². The molecule has 0 saturated carbocycles. The van der Waals surface area contributed by atoms with E-state index in [2.05, 4.69) is 35.9 Å². The van der Waals surface area contributed by atoms with E-state index in [-0.39, 0.29) is 36.8 Å². The van der Waals surface area contributed by atoms with E-state index < -0.39 is 22.1 Å². The van der Waals surface area contributed by atoms with E-state index >= 15 is 0 Å². The van der Waals surface area contributed by atoms with Crippen LogP contribution in [-0.4, -0.2) is 21.6 Å². The van der Waals surface area contributed by atoms with Crippen molar-refractivity contribution in [2.45, 2.75) is 37.4 Å². The summed E-state index contributed by atoms with van der Waals surface area (Å²) in [5.41, 5.74) is 4.99. The van der Waals surface area contributed by atoms with Gasteiger partial charge in [0.25, 0.3) is 0 Å². The first-order valence-electron chi connectivity index (χ1n) is 12.4. The van der Waals surface area contributed by atoms with E-state index in [1.165, 1.54) is 5.56 Å². The molecule has 0 aliphatic heterocycles. The molecule has 8 heteroatoms. The van der Waals surface area contributed by atoms with Crippen molar-refractivity contribution < 1.29 is 45.0 Å². The van der Waals surface area contributed by atoms with Gasteiger partial charge < -0.3 is 27.2 Å². The van der Waals surface area contributed by atoms with Gasteiger partial charge in [-0.05, 0) is 31.5 Å². The van der Waals surface area contributed by atoms with Crippen LogP contribution in [0.3, 0.4) is 0 Å². The molecule has 0 amide bonds. The normalized spacial score (nSPS) is 12.6. The van der Waals surface area contributed by atoms with Crippen molar-refractivity contribution in [3.63, 3.8) is 0 Å². The molecular weight excluding hydrogens is 617 g/mol. The number of halogens is 1. The maximum absolute atomic E-state index is 13.4. The summed E-state index contributed by atoms with van der Waals surface area (Å²) >= 11 is 0. The van der Waals surface area contributed by atoms with Crippen molar-refractivity contribution in [3.8, 4) is 0 Å². The Morgan fingerprint density at radius 3 is 1.72 bits per heavy atom. The average Bonchev–Trinajstić information content (AvgIpc) is 2.92. The van der Waals surface area contributed by atoms with Gasteiger partial charge in [0.05, 0.1) is 6.61 Å². The number of nitrogens with zero attached hydrogens (tertiary/aromatic N) is 2. The molecule has 0 aliphatic rings. The SMILES string of the molecule is Cc1ccc(COCC[N-][C@H](c2ccccc2)[C@@H]([N-]S(=O)(=O)c2ccc(C)cc2)c2ccccc2)cc1.[Cl-].[Ru+3]. The summed E-state index contributed by atoms with van der Waals surface area (Å²) in [7, 11) is -3.92. The number of hydrogen-bond acceptors (Lipinski definition) is 3. The zero-order valence-electron chi connectivity index (χ0n) is 21.9. The van der Waals surface area contributed by atoms with Gasteiger partial charge >= 0.3 is 19.5 Å². The minimum Gasteiger partial charge on any atom is -1.00 e. The topological polar surface area (TPSA) is 71.6 Å². The van der Waals surface area contributed by atoms with Gasteiger partial charge in [-0.3, -0.25) is 0 Å². The quantitative estimate of drug-likeness (QED) is 0.169. The van der Waals surface area contributed by atoms with Gasteiger partial charge in [-0.15, -0.1) is 18.6 Å². The molecule has 39 heavy (non-hydrogen) atoms. The third kappa shape index (κ3) is 9.64. The fourth-order valence-corrected chi connectivity index (χ4v) is 5.18. The summed E-state index contributed by atoms with van der Waals surface area (Å²) in [5.74, 6) is 0. The molecule has 205 valence electrons. The van der Waals surface area contributed by atoms with Gasteiger partial charge in [-0.1, -0.05) is 119 Å². The molecule has 0 aliphatic carbocycles. The molecule has 0 unspecified atom stereocenters. The van der Waals surface area contributed by atoms with Crippen LogP contribution in [-0.2, 0) is 40.8 Å². The van der Waals surface area contributed by atoms with Gasteiger partial charge in [0.1, 0.15) is 10.0 Å². The average molecular weight is 649 g/mol. The van der Waals surface area contributed by atoms with E-state index in [1.807, 2.05) is 67.6 Å². The summed E-state index contributed by atoms with van der Waals surface area (Å²) in [4.78, 5) is 0.173. The second-order valence-electron chi connectivity index (χ2n) is 9.05. The van der Waals surface area contributed by atoms with Crippen LogP contribution < -0.4 is 12.4 Å². The molecule has 1 radical (unpaired) electrons. The molecule has 4 aromatic rings. The Balaban J connectivity index is 0.00000267. The first-order valence-corrected chi connectivity index (χ1v) is 13.8. The van der Waals surface area contributed by atoms with Crippen LogP contribution >= 0.6 is 0 Å². The zero-order chi connectivity index (χ0) is 26.1. The second kappa shape index (κ2) is 16.0. The predicted molar refractivity (Wildman–Crippen MR) is 149 cm³/mol. The number of benzene rings is 4. The molecule has 5 nitrogen and oxygen atoms in total. The Kier molecular flexibility index (Phi) is 13.5. The van der Waals surface area contributed by atoms with Gasteiger partial charge in [0.2, 0.25) is 0 Å². The van der Waals surface area contributed by atoms with Gasteiger partial charge in [-0.2, -0.15) is 0 Å². The van der Waals surface area contributed by atoms with E-state index in [0.29, 0.717) is 19.8 Å². The standard InChI is InChI=1S/C31H32N2O3S.ClH.Ru/c1-24-13-17-26(18-14-24)23-36-22-21-32-30(27-9-5-3-6-10-27)31(28-11-7-4-8-12-28)33-37(34,35)29-19-15-25(2)16-20-29;;/h3-20,30-31H,21-23H2,1-2H3;1H;/q-2;;+3/p-1/t30-,31+;;/m1../s1. The number of sulfonamides is 1. The fraction of sp³-hybridized carbons (Fsp3) is 0.226. The molecule has 0 saturated heterocycles. The zero-order valence-corrected chi connectivity index (χ0v) is 25.2. The van der Waals surface area contributed by atoms with E-state index in [4.69, 9.17) is 10.1 Å². The van der Waals surface area contributed by atoms with E-state index in [1.54, 1.807) is 24.3 Å². The molecule has 4 aromatic carbocycles. The minimum absolute atomic E-state index is 0. The Morgan fingerprint density at radius 2 is 1.18 bits per heavy atom. The van der Waals surface area contributed by atoms with Crippen LogP contribution in [0.25, 0.3) is 10.0 Å². The molecule has 0 heterocycles. The Bertz CT molecular complexity index is 1350. The molecule has 0 spiro atoms. The summed E-state index contributed by atoms with van der Waals surface area (Å²) in [5, 5.41) is 4.92. The summed E-state index contributed by atoms with van der Waals surface area (Å²) < 4.78 is 37.1. The number of ether oxygens (including phenoxy) is 1. The number of rotatable bonds is 12. The van der Waals surface area contributed by atoms with Crippen LogP contribution in [0.2, 0.25) is 0 Å². The predicted octanol–water partition coefficient (Wildman–Crippen LogP) is 4.44. The van der Waals surface area contributed by atoms with Crippen LogP contribution in [0.5, 0.6) is 0 Å². The summed E-state index contributed by atoms with van der Waals surface area (Å²) in [6.45, 7) is 5.31. The minimum atomic E-state index is -3.92. The van der Waals surface area contributed by atoms with Gasteiger partial charge in [0.15, 0.2) is 0 Å². The fourth-order valence-electron chi connectivity index (χ4n) is 4.04. The largest absolute Gasteiger partial charge is 3.00 e. The van der Waals surface area contributed by atoms with Crippen molar-refractivity contribution in [2.24, 2.45) is 0 Å². The maximum Gasteiger partial charge on any atom is 3.00 e. The summed E-state index contributed by atoms with van der Waals surface area (Å²) in [6.07, 6.45) is 0. The monoisotopic (exact) mass is 649 g/mol. The second-order valence-corrected chi connectivity index (χ2v) is 10.7. The van der Waals surface area contributed by atoms with Crippen molar-refractivity contribution in [1.82, 2.24) is 0 Å². The molecule has 0 bridgehead atoms. The van der Waals surface area contributed by atoms with E-state index in [0.717, 1.165) is 22.3 Å². The number of hydrogen-bond donors (Lipinski definition) is 0. The van der Waals surface area contributed by atoms with Crippen molar-refractivity contribution in [1.29, 1.82) is 0 Å². The Morgan fingerprint density at radius 1 is 0.692 bits per heavy atom. The molecule has 0 N–H and O–H groups in total.